The monoisotopic (exact) mass is 301 g/mol. The van der Waals surface area contributed by atoms with Gasteiger partial charge in [0.1, 0.15) is 5.78 Å². The molecule has 1 heterocycles. The van der Waals surface area contributed by atoms with Crippen LogP contribution in [-0.2, 0) is 11.8 Å². The maximum Gasteiger partial charge on any atom is 0.191 e. The van der Waals surface area contributed by atoms with Gasteiger partial charge in [-0.2, -0.15) is 0 Å². The second-order valence-electron chi connectivity index (χ2n) is 5.55. The molecule has 1 aliphatic carbocycles. The van der Waals surface area contributed by atoms with Crippen molar-refractivity contribution in [3.8, 4) is 11.4 Å². The molecule has 1 saturated carbocycles. The number of benzene rings is 1. The minimum Gasteiger partial charge on any atom is -0.305 e. The minimum atomic E-state index is 0.0486. The fourth-order valence-electron chi connectivity index (χ4n) is 2.57. The SMILES string of the molecule is Cc1ccc(-c2nnc(SC3CCCCC3=O)n2C)cc1. The van der Waals surface area contributed by atoms with Crippen molar-refractivity contribution in [3.05, 3.63) is 29.8 Å². The molecule has 4 nitrogen and oxygen atoms in total. The van der Waals surface area contributed by atoms with E-state index in [1.807, 2.05) is 11.6 Å². The number of carbonyl (C=O) groups excluding carboxylic acids is 1. The summed E-state index contributed by atoms with van der Waals surface area (Å²) in [5.74, 6) is 1.20. The van der Waals surface area contributed by atoms with Gasteiger partial charge in [0.15, 0.2) is 11.0 Å². The van der Waals surface area contributed by atoms with Crippen molar-refractivity contribution < 1.29 is 4.79 Å². The van der Waals surface area contributed by atoms with E-state index >= 15 is 0 Å². The van der Waals surface area contributed by atoms with E-state index in [9.17, 15) is 4.79 Å². The van der Waals surface area contributed by atoms with Crippen molar-refractivity contribution in [1.29, 1.82) is 0 Å². The van der Waals surface area contributed by atoms with Crippen molar-refractivity contribution in [2.45, 2.75) is 43.0 Å². The number of aromatic nitrogens is 3. The number of rotatable bonds is 3. The number of aryl methyl sites for hydroxylation is 1. The lowest BCUT2D eigenvalue weighted by atomic mass is 9.99. The molecule has 1 atom stereocenters. The highest BCUT2D eigenvalue weighted by Crippen LogP contribution is 2.32. The van der Waals surface area contributed by atoms with Crippen molar-refractivity contribution in [1.82, 2.24) is 14.8 Å². The van der Waals surface area contributed by atoms with Crippen molar-refractivity contribution >= 4 is 17.5 Å². The van der Waals surface area contributed by atoms with Gasteiger partial charge < -0.3 is 4.57 Å². The Labute approximate surface area is 129 Å². The Bertz CT molecular complexity index is 648. The van der Waals surface area contributed by atoms with Crippen LogP contribution in [0.3, 0.4) is 0 Å². The highest BCUT2D eigenvalue weighted by atomic mass is 32.2. The van der Waals surface area contributed by atoms with E-state index in [-0.39, 0.29) is 5.25 Å². The average Bonchev–Trinajstić information content (AvgIpc) is 2.84. The fraction of sp³-hybridized carbons (Fsp3) is 0.438. The molecule has 5 heteroatoms. The van der Waals surface area contributed by atoms with Crippen LogP contribution in [0.4, 0.5) is 0 Å². The van der Waals surface area contributed by atoms with E-state index < -0.39 is 0 Å². The standard InChI is InChI=1S/C16H19N3OS/c1-11-7-9-12(10-8-11)15-17-18-16(19(15)2)21-14-6-4-3-5-13(14)20/h7-10,14H,3-6H2,1-2H3. The highest BCUT2D eigenvalue weighted by Gasteiger charge is 2.25. The predicted molar refractivity (Wildman–Crippen MR) is 84.3 cm³/mol. The van der Waals surface area contributed by atoms with Gasteiger partial charge in [0.2, 0.25) is 0 Å². The second kappa shape index (κ2) is 6.02. The molecule has 1 fully saturated rings. The van der Waals surface area contributed by atoms with Crippen LogP contribution in [-0.4, -0.2) is 25.8 Å². The van der Waals surface area contributed by atoms with Crippen LogP contribution in [0.25, 0.3) is 11.4 Å². The summed E-state index contributed by atoms with van der Waals surface area (Å²) in [6, 6.07) is 8.25. The van der Waals surface area contributed by atoms with E-state index in [0.717, 1.165) is 35.8 Å². The zero-order valence-electron chi connectivity index (χ0n) is 12.4. The zero-order valence-corrected chi connectivity index (χ0v) is 13.2. The summed E-state index contributed by atoms with van der Waals surface area (Å²) in [5, 5.41) is 9.43. The molecule has 1 aliphatic rings. The molecule has 0 radical (unpaired) electrons. The molecule has 2 aromatic rings. The van der Waals surface area contributed by atoms with Gasteiger partial charge >= 0.3 is 0 Å². The maximum atomic E-state index is 11.9. The molecular weight excluding hydrogens is 282 g/mol. The van der Waals surface area contributed by atoms with Crippen LogP contribution in [0.1, 0.15) is 31.2 Å². The molecule has 1 aromatic carbocycles. The maximum absolute atomic E-state index is 11.9. The van der Waals surface area contributed by atoms with Gasteiger partial charge in [0.25, 0.3) is 0 Å². The first kappa shape index (κ1) is 14.3. The van der Waals surface area contributed by atoms with Gasteiger partial charge in [0.05, 0.1) is 5.25 Å². The Morgan fingerprint density at radius 3 is 2.67 bits per heavy atom. The van der Waals surface area contributed by atoms with E-state index in [4.69, 9.17) is 0 Å². The van der Waals surface area contributed by atoms with Crippen LogP contribution in [0.15, 0.2) is 29.4 Å². The quantitative estimate of drug-likeness (QED) is 0.872. The summed E-state index contributed by atoms with van der Waals surface area (Å²) in [5.41, 5.74) is 2.28. The lowest BCUT2D eigenvalue weighted by Crippen LogP contribution is -2.21. The highest BCUT2D eigenvalue weighted by molar-refractivity contribution is 8.00. The van der Waals surface area contributed by atoms with Crippen molar-refractivity contribution in [3.63, 3.8) is 0 Å². The van der Waals surface area contributed by atoms with Crippen LogP contribution >= 0.6 is 11.8 Å². The first-order valence-electron chi connectivity index (χ1n) is 7.31. The normalized spacial score (nSPS) is 19.0. The number of thioether (sulfide) groups is 1. The summed E-state index contributed by atoms with van der Waals surface area (Å²) < 4.78 is 1.98. The number of Topliss-reactive ketones (excluding diaryl/α,β-unsaturated/α-hetero) is 1. The summed E-state index contributed by atoms with van der Waals surface area (Å²) in [6.07, 6.45) is 3.83. The Kier molecular flexibility index (Phi) is 4.10. The Balaban J connectivity index is 1.82. The van der Waals surface area contributed by atoms with Gasteiger partial charge in [-0.1, -0.05) is 48.0 Å². The second-order valence-corrected chi connectivity index (χ2v) is 6.72. The van der Waals surface area contributed by atoms with E-state index in [0.29, 0.717) is 12.2 Å². The first-order chi connectivity index (χ1) is 10.1. The summed E-state index contributed by atoms with van der Waals surface area (Å²) in [4.78, 5) is 11.9. The molecule has 110 valence electrons. The molecule has 0 bridgehead atoms. The number of nitrogens with zero attached hydrogens (tertiary/aromatic N) is 3. The van der Waals surface area contributed by atoms with E-state index in [1.165, 1.54) is 5.56 Å². The molecule has 0 spiro atoms. The Hall–Kier alpha value is -1.62. The summed E-state index contributed by atoms with van der Waals surface area (Å²) in [7, 11) is 1.96. The van der Waals surface area contributed by atoms with Crippen LogP contribution in [0.2, 0.25) is 0 Å². The third-order valence-electron chi connectivity index (χ3n) is 3.89. The molecule has 0 N–H and O–H groups in total. The van der Waals surface area contributed by atoms with Gasteiger partial charge in [-0.05, 0) is 19.8 Å². The van der Waals surface area contributed by atoms with Crippen LogP contribution in [0.5, 0.6) is 0 Å². The molecule has 1 aromatic heterocycles. The summed E-state index contributed by atoms with van der Waals surface area (Å²) >= 11 is 1.56. The van der Waals surface area contributed by atoms with Crippen LogP contribution < -0.4 is 0 Å². The third kappa shape index (κ3) is 3.02. The smallest absolute Gasteiger partial charge is 0.191 e. The molecule has 21 heavy (non-hydrogen) atoms. The largest absolute Gasteiger partial charge is 0.305 e. The van der Waals surface area contributed by atoms with Gasteiger partial charge in [-0.15, -0.1) is 10.2 Å². The molecular formula is C16H19N3OS. The lowest BCUT2D eigenvalue weighted by Gasteiger charge is -2.19. The van der Waals surface area contributed by atoms with Crippen molar-refractivity contribution in [2.75, 3.05) is 0 Å². The van der Waals surface area contributed by atoms with Gasteiger partial charge in [0, 0.05) is 19.0 Å². The number of ketones is 1. The average molecular weight is 301 g/mol. The molecule has 0 aliphatic heterocycles. The molecule has 1 unspecified atom stereocenters. The number of hydrogen-bond acceptors (Lipinski definition) is 4. The van der Waals surface area contributed by atoms with Gasteiger partial charge in [-0.25, -0.2) is 0 Å². The zero-order chi connectivity index (χ0) is 14.8. The topological polar surface area (TPSA) is 47.8 Å². The molecule has 0 saturated heterocycles. The van der Waals surface area contributed by atoms with E-state index in [1.54, 1.807) is 11.8 Å². The van der Waals surface area contributed by atoms with Crippen molar-refractivity contribution in [2.24, 2.45) is 7.05 Å². The number of hydrogen-bond donors (Lipinski definition) is 0. The Morgan fingerprint density at radius 1 is 1.19 bits per heavy atom. The third-order valence-corrected chi connectivity index (χ3v) is 5.24. The lowest BCUT2D eigenvalue weighted by molar-refractivity contribution is -0.119. The fourth-order valence-corrected chi connectivity index (χ4v) is 3.70. The van der Waals surface area contributed by atoms with Crippen LogP contribution in [0, 0.1) is 6.92 Å². The first-order valence-corrected chi connectivity index (χ1v) is 8.19. The van der Waals surface area contributed by atoms with E-state index in [2.05, 4.69) is 41.4 Å². The predicted octanol–water partition coefficient (Wildman–Crippen LogP) is 3.39. The summed E-state index contributed by atoms with van der Waals surface area (Å²) in [6.45, 7) is 2.07. The Morgan fingerprint density at radius 2 is 1.95 bits per heavy atom. The molecule has 0 amide bonds. The minimum absolute atomic E-state index is 0.0486. The molecule has 3 rings (SSSR count). The van der Waals surface area contributed by atoms with Gasteiger partial charge in [-0.3, -0.25) is 4.79 Å². The number of carbonyl (C=O) groups is 1.